The van der Waals surface area contributed by atoms with Crippen LogP contribution in [0.15, 0.2) is 58.3 Å². The molecule has 0 saturated heterocycles. The number of halogens is 2. The zero-order valence-corrected chi connectivity index (χ0v) is 15.7. The first-order valence-electron chi connectivity index (χ1n) is 6.08. The van der Waals surface area contributed by atoms with Crippen molar-refractivity contribution in [3.8, 4) is 0 Å². The number of benzene rings is 2. The van der Waals surface area contributed by atoms with Crippen LogP contribution in [0.1, 0.15) is 11.1 Å². The van der Waals surface area contributed by atoms with E-state index in [9.17, 15) is 17.9 Å². The minimum atomic E-state index is -4.11. The Morgan fingerprint density at radius 1 is 1.17 bits per heavy atom. The van der Waals surface area contributed by atoms with Gasteiger partial charge in [-0.05, 0) is 29.8 Å². The van der Waals surface area contributed by atoms with E-state index in [1.54, 1.807) is 30.3 Å². The third-order valence-corrected chi connectivity index (χ3v) is 3.82. The van der Waals surface area contributed by atoms with Crippen molar-refractivity contribution < 1.29 is 47.5 Å². The van der Waals surface area contributed by atoms with E-state index in [1.165, 1.54) is 6.08 Å². The Labute approximate surface area is 160 Å². The Balaban J connectivity index is 0.00000264. The molecular weight excluding hydrogens is 352 g/mol. The molecule has 0 atom stereocenters. The molecule has 4 nitrogen and oxygen atoms in total. The van der Waals surface area contributed by atoms with E-state index >= 15 is 0 Å². The van der Waals surface area contributed by atoms with Gasteiger partial charge in [0.1, 0.15) is 5.82 Å². The number of sulfonamides is 1. The van der Waals surface area contributed by atoms with Gasteiger partial charge in [-0.1, -0.05) is 41.9 Å². The standard InChI is InChI=1S/C15H11ClFNO3S.Na/c16-14-10-12(17)6-7-13(14)15(19)18-22(20,21)9-8-11-4-2-1-3-5-11;/h1-10H,(H,18,19);/q;+1/p-1/b9-8+;. The van der Waals surface area contributed by atoms with Crippen molar-refractivity contribution in [1.29, 1.82) is 0 Å². The monoisotopic (exact) mass is 361 g/mol. The van der Waals surface area contributed by atoms with Gasteiger partial charge in [0.15, 0.2) is 0 Å². The maximum absolute atomic E-state index is 12.9. The van der Waals surface area contributed by atoms with Crippen molar-refractivity contribution in [1.82, 2.24) is 0 Å². The van der Waals surface area contributed by atoms with Gasteiger partial charge in [-0.3, -0.25) is 0 Å². The molecule has 0 bridgehead atoms. The molecular formula is C15H10ClFNNaO3S. The second-order valence-electron chi connectivity index (χ2n) is 4.25. The van der Waals surface area contributed by atoms with Crippen LogP contribution in [0.4, 0.5) is 4.39 Å². The molecule has 0 fully saturated rings. The molecule has 23 heavy (non-hydrogen) atoms. The van der Waals surface area contributed by atoms with E-state index in [0.717, 1.165) is 23.6 Å². The van der Waals surface area contributed by atoms with Crippen LogP contribution in [0, 0.1) is 5.82 Å². The molecule has 8 heteroatoms. The van der Waals surface area contributed by atoms with Crippen LogP contribution in [0.25, 0.3) is 6.08 Å². The average Bonchev–Trinajstić information content (AvgIpc) is 2.45. The number of hydrogen-bond acceptors (Lipinski definition) is 3. The van der Waals surface area contributed by atoms with E-state index in [4.69, 9.17) is 11.6 Å². The van der Waals surface area contributed by atoms with Crippen molar-refractivity contribution >= 4 is 33.6 Å². The van der Waals surface area contributed by atoms with Crippen LogP contribution < -0.4 is 34.7 Å². The summed E-state index contributed by atoms with van der Waals surface area (Å²) in [5.74, 6) is -1.68. The van der Waals surface area contributed by atoms with Crippen LogP contribution in [-0.4, -0.2) is 14.3 Å². The molecule has 0 amide bonds. The van der Waals surface area contributed by atoms with E-state index in [1.807, 2.05) is 0 Å². The Morgan fingerprint density at radius 2 is 1.83 bits per heavy atom. The molecule has 0 aromatic heterocycles. The predicted octanol–water partition coefficient (Wildman–Crippen LogP) is -0.409. The molecule has 0 heterocycles. The maximum Gasteiger partial charge on any atom is 1.00 e. The summed E-state index contributed by atoms with van der Waals surface area (Å²) >= 11 is 5.69. The molecule has 0 N–H and O–H groups in total. The van der Waals surface area contributed by atoms with Gasteiger partial charge in [0.05, 0.1) is 10.4 Å². The van der Waals surface area contributed by atoms with Gasteiger partial charge in [-0.2, -0.15) is 12.8 Å². The second-order valence-corrected chi connectivity index (χ2v) is 6.14. The quantitative estimate of drug-likeness (QED) is 0.422. The fourth-order valence-electron chi connectivity index (χ4n) is 1.59. The molecule has 0 aliphatic carbocycles. The molecule has 2 aromatic carbocycles. The van der Waals surface area contributed by atoms with Gasteiger partial charge >= 0.3 is 29.6 Å². The maximum atomic E-state index is 12.9. The van der Waals surface area contributed by atoms with Crippen LogP contribution in [-0.2, 0) is 10.0 Å². The van der Waals surface area contributed by atoms with Crippen LogP contribution in [0.3, 0.4) is 0 Å². The van der Waals surface area contributed by atoms with Crippen molar-refractivity contribution in [2.24, 2.45) is 4.40 Å². The normalized spacial score (nSPS) is 12.2. The third kappa shape index (κ3) is 6.08. The number of nitrogens with zero attached hydrogens (tertiary/aromatic N) is 1. The van der Waals surface area contributed by atoms with E-state index in [0.29, 0.717) is 5.56 Å². The van der Waals surface area contributed by atoms with Crippen molar-refractivity contribution in [3.05, 3.63) is 75.9 Å². The molecule has 2 rings (SSSR count). The molecule has 0 spiro atoms. The Hall–Kier alpha value is -1.18. The zero-order valence-electron chi connectivity index (χ0n) is 12.1. The zero-order chi connectivity index (χ0) is 16.2. The first kappa shape index (κ1) is 19.9. The van der Waals surface area contributed by atoms with Gasteiger partial charge in [0.25, 0.3) is 10.0 Å². The minimum absolute atomic E-state index is 0. The van der Waals surface area contributed by atoms with E-state index < -0.39 is 21.7 Å². The van der Waals surface area contributed by atoms with Gasteiger partial charge < -0.3 is 5.11 Å². The number of rotatable bonds is 4. The SMILES string of the molecule is O=S(=O)(/C=C/c1ccccc1)/N=C(\[O-])c1ccc(F)cc1Cl.[Na+]. The van der Waals surface area contributed by atoms with E-state index in [2.05, 4.69) is 4.40 Å². The molecule has 2 aromatic rings. The van der Waals surface area contributed by atoms with E-state index in [-0.39, 0.29) is 40.1 Å². The summed E-state index contributed by atoms with van der Waals surface area (Å²) in [6, 6.07) is 11.7. The summed E-state index contributed by atoms with van der Waals surface area (Å²) < 4.78 is 39.6. The fraction of sp³-hybridized carbons (Fsp3) is 0. The van der Waals surface area contributed by atoms with Crippen molar-refractivity contribution in [2.45, 2.75) is 0 Å². The largest absolute Gasteiger partial charge is 1.00 e. The Kier molecular flexibility index (Phi) is 7.44. The van der Waals surface area contributed by atoms with Crippen LogP contribution >= 0.6 is 11.6 Å². The molecule has 0 unspecified atom stereocenters. The molecule has 114 valence electrons. The van der Waals surface area contributed by atoms with Crippen molar-refractivity contribution in [3.63, 3.8) is 0 Å². The first-order chi connectivity index (χ1) is 10.4. The summed E-state index contributed by atoms with van der Waals surface area (Å²) in [5, 5.41) is 12.4. The second kappa shape index (κ2) is 8.61. The van der Waals surface area contributed by atoms with Gasteiger partial charge in [-0.25, -0.2) is 4.39 Å². The Morgan fingerprint density at radius 3 is 2.43 bits per heavy atom. The number of hydrogen-bond donors (Lipinski definition) is 0. The summed E-state index contributed by atoms with van der Waals surface area (Å²) in [4.78, 5) is 0. The van der Waals surface area contributed by atoms with Gasteiger partial charge in [-0.15, -0.1) is 0 Å². The molecule has 0 saturated carbocycles. The smallest absolute Gasteiger partial charge is 0.858 e. The average molecular weight is 362 g/mol. The third-order valence-electron chi connectivity index (χ3n) is 2.60. The van der Waals surface area contributed by atoms with Crippen LogP contribution in [0.5, 0.6) is 0 Å². The summed E-state index contributed by atoms with van der Waals surface area (Å²) in [6.07, 6.45) is 1.32. The summed E-state index contributed by atoms with van der Waals surface area (Å²) in [6.45, 7) is 0. The first-order valence-corrected chi connectivity index (χ1v) is 7.96. The summed E-state index contributed by atoms with van der Waals surface area (Å²) in [5.41, 5.74) is 0.466. The van der Waals surface area contributed by atoms with Crippen molar-refractivity contribution in [2.75, 3.05) is 0 Å². The van der Waals surface area contributed by atoms with Gasteiger partial charge in [0, 0.05) is 11.5 Å². The predicted molar refractivity (Wildman–Crippen MR) is 82.3 cm³/mol. The van der Waals surface area contributed by atoms with Crippen LogP contribution in [0.2, 0.25) is 5.02 Å². The Bertz CT molecular complexity index is 839. The topological polar surface area (TPSA) is 69.6 Å². The minimum Gasteiger partial charge on any atom is -0.858 e. The summed E-state index contributed by atoms with van der Waals surface area (Å²) in [7, 11) is -4.11. The molecule has 0 aliphatic heterocycles. The molecule has 0 aliphatic rings. The fourth-order valence-corrected chi connectivity index (χ4v) is 2.55. The van der Waals surface area contributed by atoms with Gasteiger partial charge in [0.2, 0.25) is 0 Å². The molecule has 0 radical (unpaired) electrons.